The van der Waals surface area contributed by atoms with Crippen LogP contribution in [0.3, 0.4) is 0 Å². The highest BCUT2D eigenvalue weighted by molar-refractivity contribution is 5.49. The maximum atomic E-state index is 10.4. The summed E-state index contributed by atoms with van der Waals surface area (Å²) in [6, 6.07) is 28.3. The van der Waals surface area contributed by atoms with Crippen LogP contribution in [0.5, 0.6) is 5.75 Å². The molecule has 1 aliphatic carbocycles. The van der Waals surface area contributed by atoms with E-state index >= 15 is 0 Å². The minimum atomic E-state index is 0.358. The molecule has 2 atom stereocenters. The first-order valence-electron chi connectivity index (χ1n) is 10.2. The van der Waals surface area contributed by atoms with E-state index in [1.54, 1.807) is 0 Å². The largest absolute Gasteiger partial charge is 0.494 e. The zero-order valence-corrected chi connectivity index (χ0v) is 16.1. The lowest BCUT2D eigenvalue weighted by Crippen LogP contribution is -2.20. The summed E-state index contributed by atoms with van der Waals surface area (Å²) in [5.41, 5.74) is 5.66. The predicted molar refractivity (Wildman–Crippen MR) is 113 cm³/mol. The molecule has 142 valence electrons. The van der Waals surface area contributed by atoms with Crippen molar-refractivity contribution in [2.75, 3.05) is 6.61 Å². The molecule has 2 nitrogen and oxygen atoms in total. The molecule has 0 saturated heterocycles. The van der Waals surface area contributed by atoms with Gasteiger partial charge in [0.15, 0.2) is 0 Å². The molecule has 0 aromatic heterocycles. The molecular formula is C26H26O2. The van der Waals surface area contributed by atoms with Crippen LogP contribution in [0.2, 0.25) is 0 Å². The van der Waals surface area contributed by atoms with Gasteiger partial charge in [0.1, 0.15) is 12.0 Å². The van der Waals surface area contributed by atoms with Crippen molar-refractivity contribution in [3.63, 3.8) is 0 Å². The molecule has 1 aliphatic rings. The third kappa shape index (κ3) is 4.01. The maximum absolute atomic E-state index is 10.4. The molecule has 0 bridgehead atoms. The Balaban J connectivity index is 1.63. The van der Waals surface area contributed by atoms with E-state index in [0.29, 0.717) is 24.9 Å². The number of unbranched alkanes of at least 4 members (excludes halogenated alkanes) is 1. The van der Waals surface area contributed by atoms with E-state index in [4.69, 9.17) is 4.74 Å². The highest BCUT2D eigenvalue weighted by Crippen LogP contribution is 2.46. The summed E-state index contributed by atoms with van der Waals surface area (Å²) in [7, 11) is 0. The molecule has 28 heavy (non-hydrogen) atoms. The predicted octanol–water partition coefficient (Wildman–Crippen LogP) is 5.91. The van der Waals surface area contributed by atoms with Crippen LogP contribution in [-0.4, -0.2) is 12.9 Å². The van der Waals surface area contributed by atoms with Gasteiger partial charge in [-0.3, -0.25) is 0 Å². The molecule has 3 aromatic rings. The molecule has 0 N–H and O–H groups in total. The normalized spacial score (nSPS) is 18.3. The van der Waals surface area contributed by atoms with Gasteiger partial charge < -0.3 is 9.53 Å². The van der Waals surface area contributed by atoms with Crippen molar-refractivity contribution in [2.45, 2.75) is 37.5 Å². The Bertz CT molecular complexity index is 899. The molecular weight excluding hydrogens is 344 g/mol. The highest BCUT2D eigenvalue weighted by Gasteiger charge is 2.31. The van der Waals surface area contributed by atoms with Gasteiger partial charge in [-0.1, -0.05) is 66.7 Å². The first-order chi connectivity index (χ1) is 13.9. The SMILES string of the molecule is O=CCCCOc1ccc(C2c3ccccc3CCC2c2ccccc2)cc1. The van der Waals surface area contributed by atoms with Crippen LogP contribution in [0.1, 0.15) is 53.4 Å². The number of aryl methyl sites for hydroxylation is 1. The van der Waals surface area contributed by atoms with E-state index in [0.717, 1.165) is 31.3 Å². The Kier molecular flexibility index (Phi) is 5.86. The van der Waals surface area contributed by atoms with Crippen LogP contribution < -0.4 is 4.74 Å². The zero-order chi connectivity index (χ0) is 19.2. The van der Waals surface area contributed by atoms with Crippen LogP contribution in [-0.2, 0) is 11.2 Å². The smallest absolute Gasteiger partial charge is 0.120 e. The first kappa shape index (κ1) is 18.5. The number of ether oxygens (including phenoxy) is 1. The summed E-state index contributed by atoms with van der Waals surface area (Å²) in [5.74, 6) is 1.71. The van der Waals surface area contributed by atoms with Gasteiger partial charge in [-0.2, -0.15) is 0 Å². The number of benzene rings is 3. The monoisotopic (exact) mass is 370 g/mol. The van der Waals surface area contributed by atoms with Crippen LogP contribution in [0.15, 0.2) is 78.9 Å². The van der Waals surface area contributed by atoms with Crippen molar-refractivity contribution in [3.8, 4) is 5.75 Å². The molecule has 4 rings (SSSR count). The molecule has 0 radical (unpaired) electrons. The Labute approximate surface area is 167 Å². The fourth-order valence-corrected chi connectivity index (χ4v) is 4.36. The number of hydrogen-bond acceptors (Lipinski definition) is 2. The molecule has 2 heteroatoms. The minimum absolute atomic E-state index is 0.358. The number of hydrogen-bond donors (Lipinski definition) is 0. The number of carbonyl (C=O) groups excluding carboxylic acids is 1. The Morgan fingerprint density at radius 3 is 2.39 bits per heavy atom. The number of fused-ring (bicyclic) bond motifs is 1. The summed E-state index contributed by atoms with van der Waals surface area (Å²) in [6.07, 6.45) is 4.55. The topological polar surface area (TPSA) is 26.3 Å². The second-order valence-electron chi connectivity index (χ2n) is 7.46. The van der Waals surface area contributed by atoms with Crippen molar-refractivity contribution in [1.82, 2.24) is 0 Å². The van der Waals surface area contributed by atoms with Crippen molar-refractivity contribution in [2.24, 2.45) is 0 Å². The van der Waals surface area contributed by atoms with E-state index in [1.165, 1.54) is 22.3 Å². The molecule has 0 heterocycles. The summed E-state index contributed by atoms with van der Waals surface area (Å²) >= 11 is 0. The fraction of sp³-hybridized carbons (Fsp3) is 0.269. The molecule has 0 saturated carbocycles. The van der Waals surface area contributed by atoms with E-state index in [9.17, 15) is 4.79 Å². The molecule has 0 aliphatic heterocycles. The summed E-state index contributed by atoms with van der Waals surface area (Å²) in [4.78, 5) is 10.4. The molecule has 0 amide bonds. The van der Waals surface area contributed by atoms with Gasteiger partial charge in [-0.15, -0.1) is 0 Å². The first-order valence-corrected chi connectivity index (χ1v) is 10.2. The fourth-order valence-electron chi connectivity index (χ4n) is 4.36. The van der Waals surface area contributed by atoms with E-state index in [1.807, 2.05) is 0 Å². The maximum Gasteiger partial charge on any atom is 0.120 e. The third-order valence-corrected chi connectivity index (χ3v) is 5.72. The molecule has 2 unspecified atom stereocenters. The molecule has 0 fully saturated rings. The minimum Gasteiger partial charge on any atom is -0.494 e. The summed E-state index contributed by atoms with van der Waals surface area (Å²) < 4.78 is 5.77. The van der Waals surface area contributed by atoms with Crippen molar-refractivity contribution < 1.29 is 9.53 Å². The molecule has 3 aromatic carbocycles. The molecule has 0 spiro atoms. The van der Waals surface area contributed by atoms with E-state index in [2.05, 4.69) is 78.9 Å². The van der Waals surface area contributed by atoms with Crippen molar-refractivity contribution >= 4 is 6.29 Å². The van der Waals surface area contributed by atoms with E-state index in [-0.39, 0.29) is 0 Å². The summed E-state index contributed by atoms with van der Waals surface area (Å²) in [6.45, 7) is 0.580. The van der Waals surface area contributed by atoms with Gasteiger partial charge in [0.2, 0.25) is 0 Å². The lowest BCUT2D eigenvalue weighted by atomic mass is 9.69. The Hall–Kier alpha value is -2.87. The van der Waals surface area contributed by atoms with Gasteiger partial charge in [-0.25, -0.2) is 0 Å². The van der Waals surface area contributed by atoms with Gasteiger partial charge >= 0.3 is 0 Å². The van der Waals surface area contributed by atoms with Crippen LogP contribution >= 0.6 is 0 Å². The number of rotatable bonds is 7. The summed E-state index contributed by atoms with van der Waals surface area (Å²) in [5, 5.41) is 0. The number of aldehydes is 1. The van der Waals surface area contributed by atoms with Gasteiger partial charge in [0.05, 0.1) is 6.61 Å². The Morgan fingerprint density at radius 1 is 0.857 bits per heavy atom. The quantitative estimate of drug-likeness (QED) is 0.382. The van der Waals surface area contributed by atoms with Gasteiger partial charge in [-0.05, 0) is 59.6 Å². The highest BCUT2D eigenvalue weighted by atomic mass is 16.5. The van der Waals surface area contributed by atoms with Crippen molar-refractivity contribution in [3.05, 3.63) is 101 Å². The van der Waals surface area contributed by atoms with Crippen LogP contribution in [0, 0.1) is 0 Å². The standard InChI is InChI=1S/C26H26O2/c27-18-6-7-19-28-23-15-12-22(13-16-23)26-24-11-5-4-10-21(24)14-17-25(26)20-8-2-1-3-9-20/h1-5,8-13,15-16,18,25-26H,6-7,14,17,19H2. The average molecular weight is 370 g/mol. The lowest BCUT2D eigenvalue weighted by molar-refractivity contribution is -0.108. The zero-order valence-electron chi connectivity index (χ0n) is 16.1. The van der Waals surface area contributed by atoms with Crippen LogP contribution in [0.4, 0.5) is 0 Å². The second kappa shape index (κ2) is 8.88. The van der Waals surface area contributed by atoms with Gasteiger partial charge in [0, 0.05) is 12.3 Å². The van der Waals surface area contributed by atoms with E-state index < -0.39 is 0 Å². The second-order valence-corrected chi connectivity index (χ2v) is 7.46. The average Bonchev–Trinajstić information content (AvgIpc) is 2.77. The number of carbonyl (C=O) groups is 1. The Morgan fingerprint density at radius 2 is 1.61 bits per heavy atom. The van der Waals surface area contributed by atoms with Crippen LogP contribution in [0.25, 0.3) is 0 Å². The lowest BCUT2D eigenvalue weighted by Gasteiger charge is -2.34. The van der Waals surface area contributed by atoms with Gasteiger partial charge in [0.25, 0.3) is 0 Å². The van der Waals surface area contributed by atoms with Crippen molar-refractivity contribution in [1.29, 1.82) is 0 Å². The third-order valence-electron chi connectivity index (χ3n) is 5.72.